The van der Waals surface area contributed by atoms with Gasteiger partial charge in [-0.2, -0.15) is 0 Å². The van der Waals surface area contributed by atoms with Crippen molar-refractivity contribution in [2.45, 2.75) is 6.54 Å². The number of carbonyl (C=O) groups excluding carboxylic acids is 2. The third-order valence-electron chi connectivity index (χ3n) is 3.06. The van der Waals surface area contributed by atoms with Crippen molar-refractivity contribution < 1.29 is 19.5 Å². The van der Waals surface area contributed by atoms with E-state index >= 15 is 0 Å². The standard InChI is InChI=1S/C14H9NO4S/c16-12-9-3-1-2-4-10(9)13(17)15(12)7-8-5-6-11(20-8)14(18)19/h1-6H,7H2,(H,18,19). The minimum atomic E-state index is -1.01. The highest BCUT2D eigenvalue weighted by Gasteiger charge is 2.35. The zero-order chi connectivity index (χ0) is 14.3. The molecule has 5 nitrogen and oxygen atoms in total. The van der Waals surface area contributed by atoms with Crippen LogP contribution in [0.25, 0.3) is 0 Å². The number of fused-ring (bicyclic) bond motifs is 1. The molecule has 0 saturated heterocycles. The first-order chi connectivity index (χ1) is 9.58. The lowest BCUT2D eigenvalue weighted by Gasteiger charge is -2.11. The van der Waals surface area contributed by atoms with Gasteiger partial charge in [0, 0.05) is 4.88 Å². The molecular formula is C14H9NO4S. The van der Waals surface area contributed by atoms with E-state index in [9.17, 15) is 14.4 Å². The molecule has 0 radical (unpaired) electrons. The topological polar surface area (TPSA) is 74.7 Å². The molecule has 1 aromatic carbocycles. The van der Waals surface area contributed by atoms with Gasteiger partial charge in [-0.3, -0.25) is 14.5 Å². The van der Waals surface area contributed by atoms with Crippen LogP contribution in [0.2, 0.25) is 0 Å². The van der Waals surface area contributed by atoms with Crippen molar-refractivity contribution in [3.63, 3.8) is 0 Å². The summed E-state index contributed by atoms with van der Waals surface area (Å²) in [6.45, 7) is 0.101. The number of rotatable bonds is 3. The zero-order valence-electron chi connectivity index (χ0n) is 10.2. The number of aromatic carboxylic acids is 1. The van der Waals surface area contributed by atoms with Crippen LogP contribution in [0.4, 0.5) is 0 Å². The number of hydrogen-bond donors (Lipinski definition) is 1. The van der Waals surface area contributed by atoms with Gasteiger partial charge in [0.1, 0.15) is 4.88 Å². The Morgan fingerprint density at radius 1 is 1.05 bits per heavy atom. The SMILES string of the molecule is O=C(O)c1ccc(CN2C(=O)c3ccccc3C2=O)s1. The van der Waals surface area contributed by atoms with Crippen LogP contribution < -0.4 is 0 Å². The number of carbonyl (C=O) groups is 3. The van der Waals surface area contributed by atoms with Gasteiger partial charge in [-0.25, -0.2) is 4.79 Å². The third-order valence-corrected chi connectivity index (χ3v) is 4.12. The first-order valence-electron chi connectivity index (χ1n) is 5.85. The quantitative estimate of drug-likeness (QED) is 0.878. The molecule has 100 valence electrons. The summed E-state index contributed by atoms with van der Waals surface area (Å²) in [5, 5.41) is 8.87. The predicted molar refractivity (Wildman–Crippen MR) is 71.9 cm³/mol. The van der Waals surface area contributed by atoms with Gasteiger partial charge in [0.05, 0.1) is 17.7 Å². The van der Waals surface area contributed by atoms with Gasteiger partial charge in [0.2, 0.25) is 0 Å². The number of carboxylic acid groups (broad SMARTS) is 1. The second-order valence-electron chi connectivity index (χ2n) is 4.31. The Hall–Kier alpha value is -2.47. The van der Waals surface area contributed by atoms with Crippen molar-refractivity contribution >= 4 is 29.1 Å². The third kappa shape index (κ3) is 1.90. The minimum absolute atomic E-state index is 0.101. The number of nitrogens with zero attached hydrogens (tertiary/aromatic N) is 1. The molecule has 2 amide bonds. The highest BCUT2D eigenvalue weighted by Crippen LogP contribution is 2.26. The Morgan fingerprint density at radius 2 is 1.65 bits per heavy atom. The van der Waals surface area contributed by atoms with Crippen molar-refractivity contribution in [1.82, 2.24) is 4.90 Å². The monoisotopic (exact) mass is 287 g/mol. The number of carboxylic acids is 1. The maximum absolute atomic E-state index is 12.1. The first kappa shape index (κ1) is 12.6. The van der Waals surface area contributed by atoms with Gasteiger partial charge in [-0.15, -0.1) is 11.3 Å². The van der Waals surface area contributed by atoms with Crippen LogP contribution in [-0.4, -0.2) is 27.8 Å². The molecule has 2 aromatic rings. The van der Waals surface area contributed by atoms with Crippen LogP contribution in [0.15, 0.2) is 36.4 Å². The minimum Gasteiger partial charge on any atom is -0.477 e. The van der Waals surface area contributed by atoms with Crippen molar-refractivity contribution in [3.05, 3.63) is 57.3 Å². The molecule has 0 unspecified atom stereocenters. The molecule has 2 heterocycles. The summed E-state index contributed by atoms with van der Waals surface area (Å²) in [6, 6.07) is 9.75. The fraction of sp³-hybridized carbons (Fsp3) is 0.0714. The highest BCUT2D eigenvalue weighted by atomic mass is 32.1. The van der Waals surface area contributed by atoms with E-state index in [1.54, 1.807) is 30.3 Å². The lowest BCUT2D eigenvalue weighted by molar-refractivity contribution is 0.0641. The maximum atomic E-state index is 12.1. The van der Waals surface area contributed by atoms with E-state index in [1.807, 2.05) is 0 Å². The van der Waals surface area contributed by atoms with Crippen molar-refractivity contribution in [2.24, 2.45) is 0 Å². The first-order valence-corrected chi connectivity index (χ1v) is 6.67. The van der Waals surface area contributed by atoms with E-state index in [0.29, 0.717) is 16.0 Å². The van der Waals surface area contributed by atoms with Crippen LogP contribution in [0, 0.1) is 0 Å². The van der Waals surface area contributed by atoms with E-state index in [-0.39, 0.29) is 23.2 Å². The van der Waals surface area contributed by atoms with E-state index < -0.39 is 5.97 Å². The van der Waals surface area contributed by atoms with Crippen molar-refractivity contribution in [1.29, 1.82) is 0 Å². The summed E-state index contributed by atoms with van der Waals surface area (Å²) in [7, 11) is 0. The van der Waals surface area contributed by atoms with Crippen LogP contribution in [0.1, 0.15) is 35.3 Å². The molecule has 0 spiro atoms. The number of amides is 2. The average Bonchev–Trinajstić information content (AvgIpc) is 3.00. The lowest BCUT2D eigenvalue weighted by Crippen LogP contribution is -2.28. The van der Waals surface area contributed by atoms with Crippen LogP contribution in [0.5, 0.6) is 0 Å². The molecule has 0 fully saturated rings. The van der Waals surface area contributed by atoms with Gasteiger partial charge in [-0.05, 0) is 24.3 Å². The molecule has 0 saturated carbocycles. The smallest absolute Gasteiger partial charge is 0.345 e. The van der Waals surface area contributed by atoms with E-state index in [4.69, 9.17) is 5.11 Å². The summed E-state index contributed by atoms with van der Waals surface area (Å²) in [5.41, 5.74) is 0.792. The van der Waals surface area contributed by atoms with Gasteiger partial charge in [-0.1, -0.05) is 12.1 Å². The Kier molecular flexibility index (Phi) is 2.87. The molecule has 3 rings (SSSR count). The number of benzene rings is 1. The Labute approximate surface area is 118 Å². The molecule has 0 bridgehead atoms. The largest absolute Gasteiger partial charge is 0.477 e. The van der Waals surface area contributed by atoms with Gasteiger partial charge >= 0.3 is 5.97 Å². The second kappa shape index (κ2) is 4.57. The fourth-order valence-electron chi connectivity index (χ4n) is 2.12. The molecule has 1 aliphatic rings. The van der Waals surface area contributed by atoms with E-state index in [2.05, 4.69) is 0 Å². The lowest BCUT2D eigenvalue weighted by atomic mass is 10.1. The highest BCUT2D eigenvalue weighted by molar-refractivity contribution is 7.13. The number of imide groups is 1. The summed E-state index contributed by atoms with van der Waals surface area (Å²) in [6.07, 6.45) is 0. The number of hydrogen-bond acceptors (Lipinski definition) is 4. The zero-order valence-corrected chi connectivity index (χ0v) is 11.0. The average molecular weight is 287 g/mol. The second-order valence-corrected chi connectivity index (χ2v) is 5.48. The Morgan fingerprint density at radius 3 is 2.15 bits per heavy atom. The van der Waals surface area contributed by atoms with Crippen LogP contribution in [-0.2, 0) is 6.54 Å². The molecule has 20 heavy (non-hydrogen) atoms. The fourth-order valence-corrected chi connectivity index (χ4v) is 2.95. The summed E-state index contributed by atoms with van der Waals surface area (Å²) in [5.74, 6) is -1.68. The molecular weight excluding hydrogens is 278 g/mol. The van der Waals surface area contributed by atoms with Crippen LogP contribution in [0.3, 0.4) is 0 Å². The van der Waals surface area contributed by atoms with E-state index in [1.165, 1.54) is 6.07 Å². The Balaban J connectivity index is 1.87. The molecule has 6 heteroatoms. The summed E-state index contributed by atoms with van der Waals surface area (Å²) >= 11 is 1.06. The Bertz CT molecular complexity index is 699. The van der Waals surface area contributed by atoms with E-state index in [0.717, 1.165) is 16.2 Å². The predicted octanol–water partition coefficient (Wildman–Crippen LogP) is 2.24. The molecule has 1 N–H and O–H groups in total. The van der Waals surface area contributed by atoms with Crippen molar-refractivity contribution in [2.75, 3.05) is 0 Å². The summed E-state index contributed by atoms with van der Waals surface area (Å²) < 4.78 is 0. The van der Waals surface area contributed by atoms with Gasteiger partial charge in [0.25, 0.3) is 11.8 Å². The number of thiophene rings is 1. The summed E-state index contributed by atoms with van der Waals surface area (Å²) in [4.78, 5) is 37.1. The van der Waals surface area contributed by atoms with Crippen molar-refractivity contribution in [3.8, 4) is 0 Å². The van der Waals surface area contributed by atoms with Crippen LogP contribution >= 0.6 is 11.3 Å². The maximum Gasteiger partial charge on any atom is 0.345 e. The molecule has 1 aliphatic heterocycles. The van der Waals surface area contributed by atoms with Gasteiger partial charge < -0.3 is 5.11 Å². The normalized spacial score (nSPS) is 13.7. The van der Waals surface area contributed by atoms with Gasteiger partial charge in [0.15, 0.2) is 0 Å². The molecule has 0 atom stereocenters. The molecule has 1 aromatic heterocycles. The molecule has 0 aliphatic carbocycles.